The van der Waals surface area contributed by atoms with E-state index in [0.717, 1.165) is 9.22 Å². The Morgan fingerprint density at radius 1 is 1.55 bits per heavy atom. The van der Waals surface area contributed by atoms with Gasteiger partial charge in [-0.1, -0.05) is 0 Å². The van der Waals surface area contributed by atoms with E-state index in [0.29, 0.717) is 5.28 Å². The Morgan fingerprint density at radius 2 is 2.36 bits per heavy atom. The molecule has 0 spiro atoms. The first-order chi connectivity index (χ1) is 5.29. The lowest BCUT2D eigenvalue weighted by molar-refractivity contribution is 1.06. The molecular formula is C5H2ClIN4. The maximum Gasteiger partial charge on any atom is 0.209 e. The third kappa shape index (κ3) is 1.08. The van der Waals surface area contributed by atoms with Crippen molar-refractivity contribution in [2.24, 2.45) is 0 Å². The first-order valence-corrected chi connectivity index (χ1v) is 4.24. The van der Waals surface area contributed by atoms with Gasteiger partial charge >= 0.3 is 0 Å². The van der Waals surface area contributed by atoms with Crippen LogP contribution in [0.2, 0.25) is 5.28 Å². The van der Waals surface area contributed by atoms with Crippen LogP contribution in [0.3, 0.4) is 0 Å². The number of hydrogen-bond acceptors (Lipinski definition) is 3. The third-order valence-corrected chi connectivity index (χ3v) is 2.29. The molecule has 2 aromatic rings. The molecule has 0 aliphatic heterocycles. The molecule has 0 aromatic carbocycles. The Kier molecular flexibility index (Phi) is 1.68. The van der Waals surface area contributed by atoms with E-state index in [2.05, 4.69) is 37.8 Å². The van der Waals surface area contributed by atoms with Gasteiger partial charge in [0.05, 0.1) is 3.57 Å². The molecule has 6 heteroatoms. The van der Waals surface area contributed by atoms with Gasteiger partial charge in [0.2, 0.25) is 5.28 Å². The molecule has 0 amide bonds. The average Bonchev–Trinajstić information content (AvgIpc) is 2.45. The Hall–Kier alpha value is -0.430. The van der Waals surface area contributed by atoms with Crippen LogP contribution in [0.15, 0.2) is 12.5 Å². The van der Waals surface area contributed by atoms with Crippen molar-refractivity contribution in [3.8, 4) is 0 Å². The van der Waals surface area contributed by atoms with Crippen LogP contribution < -0.4 is 0 Å². The summed E-state index contributed by atoms with van der Waals surface area (Å²) in [5, 5.41) is 7.95. The van der Waals surface area contributed by atoms with Crippen molar-refractivity contribution < 1.29 is 0 Å². The normalized spacial score (nSPS) is 10.7. The lowest BCUT2D eigenvalue weighted by atomic mass is 10.6. The molecule has 56 valence electrons. The zero-order valence-corrected chi connectivity index (χ0v) is 8.11. The lowest BCUT2D eigenvalue weighted by Gasteiger charge is -1.94. The summed E-state index contributed by atoms with van der Waals surface area (Å²) in [6.07, 6.45) is 3.19. The molecule has 4 nitrogen and oxygen atoms in total. The highest BCUT2D eigenvalue weighted by atomic mass is 127. The van der Waals surface area contributed by atoms with Crippen molar-refractivity contribution in [2.45, 2.75) is 0 Å². The van der Waals surface area contributed by atoms with Crippen molar-refractivity contribution in [2.75, 3.05) is 0 Å². The summed E-state index contributed by atoms with van der Waals surface area (Å²) >= 11 is 7.87. The molecule has 2 rings (SSSR count). The molecule has 0 saturated heterocycles. The van der Waals surface area contributed by atoms with Gasteiger partial charge in [-0.15, -0.1) is 10.2 Å². The van der Waals surface area contributed by atoms with Crippen molar-refractivity contribution in [3.63, 3.8) is 0 Å². The molecule has 0 unspecified atom stereocenters. The van der Waals surface area contributed by atoms with Gasteiger partial charge in [-0.2, -0.15) is 0 Å². The number of fused-ring (bicyclic) bond motifs is 1. The predicted molar refractivity (Wildman–Crippen MR) is 48.5 cm³/mol. The standard InChI is InChI=1S/C5H2ClIN4/c6-5-8-1-3(7)4-10-9-2-11(4)5/h1-2H. The molecule has 2 heterocycles. The van der Waals surface area contributed by atoms with Crippen LogP contribution in [0.5, 0.6) is 0 Å². The van der Waals surface area contributed by atoms with Gasteiger partial charge < -0.3 is 0 Å². The Bertz CT molecular complexity index is 362. The molecule has 0 aliphatic rings. The van der Waals surface area contributed by atoms with Crippen LogP contribution in [-0.2, 0) is 0 Å². The molecule has 0 aliphatic carbocycles. The summed E-state index contributed by atoms with van der Waals surface area (Å²) in [4.78, 5) is 3.92. The van der Waals surface area contributed by atoms with Crippen LogP contribution >= 0.6 is 34.2 Å². The summed E-state index contributed by atoms with van der Waals surface area (Å²) in [7, 11) is 0. The van der Waals surface area contributed by atoms with Gasteiger partial charge in [0.1, 0.15) is 6.33 Å². The van der Waals surface area contributed by atoms with Crippen LogP contribution in [0.25, 0.3) is 5.65 Å². The van der Waals surface area contributed by atoms with Crippen molar-refractivity contribution in [1.29, 1.82) is 0 Å². The van der Waals surface area contributed by atoms with E-state index < -0.39 is 0 Å². The molecule has 2 aromatic heterocycles. The van der Waals surface area contributed by atoms with Crippen LogP contribution in [0.4, 0.5) is 0 Å². The van der Waals surface area contributed by atoms with Crippen LogP contribution in [0, 0.1) is 3.57 Å². The number of nitrogens with zero attached hydrogens (tertiary/aromatic N) is 4. The van der Waals surface area contributed by atoms with E-state index in [-0.39, 0.29) is 0 Å². The Morgan fingerprint density at radius 3 is 3.09 bits per heavy atom. The molecule has 0 N–H and O–H groups in total. The molecule has 0 radical (unpaired) electrons. The lowest BCUT2D eigenvalue weighted by Crippen LogP contribution is -1.91. The van der Waals surface area contributed by atoms with Gasteiger partial charge in [-0.3, -0.25) is 4.40 Å². The van der Waals surface area contributed by atoms with E-state index >= 15 is 0 Å². The number of halogens is 2. The number of hydrogen-bond donors (Lipinski definition) is 0. The van der Waals surface area contributed by atoms with Gasteiger partial charge in [0, 0.05) is 6.20 Å². The first-order valence-electron chi connectivity index (χ1n) is 2.79. The molecule has 0 saturated carbocycles. The zero-order chi connectivity index (χ0) is 7.84. The highest BCUT2D eigenvalue weighted by Gasteiger charge is 2.03. The minimum absolute atomic E-state index is 0.380. The summed E-state index contributed by atoms with van der Waals surface area (Å²) in [6.45, 7) is 0. The number of aromatic nitrogens is 4. The molecule has 0 atom stereocenters. The second-order valence-corrected chi connectivity index (χ2v) is 3.40. The molecule has 11 heavy (non-hydrogen) atoms. The van der Waals surface area contributed by atoms with Gasteiger partial charge in [-0.25, -0.2) is 4.98 Å². The number of rotatable bonds is 0. The van der Waals surface area contributed by atoms with Gasteiger partial charge in [0.25, 0.3) is 0 Å². The Balaban J connectivity index is 2.96. The molecule has 0 fully saturated rings. The highest BCUT2D eigenvalue weighted by molar-refractivity contribution is 14.1. The fraction of sp³-hybridized carbons (Fsp3) is 0. The average molecular weight is 280 g/mol. The van der Waals surface area contributed by atoms with E-state index in [1.165, 1.54) is 6.33 Å². The van der Waals surface area contributed by atoms with Gasteiger partial charge in [-0.05, 0) is 34.2 Å². The van der Waals surface area contributed by atoms with E-state index in [1.54, 1.807) is 10.6 Å². The van der Waals surface area contributed by atoms with Crippen molar-refractivity contribution >= 4 is 39.8 Å². The molecule has 0 bridgehead atoms. The highest BCUT2D eigenvalue weighted by Crippen LogP contribution is 2.13. The van der Waals surface area contributed by atoms with E-state index in [9.17, 15) is 0 Å². The summed E-state index contributed by atoms with van der Waals surface area (Å²) in [6, 6.07) is 0. The van der Waals surface area contributed by atoms with Gasteiger partial charge in [0.15, 0.2) is 5.65 Å². The fourth-order valence-electron chi connectivity index (χ4n) is 0.763. The summed E-state index contributed by atoms with van der Waals surface area (Å²) < 4.78 is 2.56. The van der Waals surface area contributed by atoms with E-state index in [4.69, 9.17) is 11.6 Å². The minimum Gasteiger partial charge on any atom is -0.255 e. The van der Waals surface area contributed by atoms with Crippen molar-refractivity contribution in [3.05, 3.63) is 21.4 Å². The maximum absolute atomic E-state index is 5.74. The van der Waals surface area contributed by atoms with Crippen molar-refractivity contribution in [1.82, 2.24) is 19.6 Å². The largest absolute Gasteiger partial charge is 0.255 e. The van der Waals surface area contributed by atoms with Crippen LogP contribution in [-0.4, -0.2) is 19.6 Å². The van der Waals surface area contributed by atoms with E-state index in [1.807, 2.05) is 0 Å². The first kappa shape index (κ1) is 7.23. The van der Waals surface area contributed by atoms with Crippen LogP contribution in [0.1, 0.15) is 0 Å². The molecular weight excluding hydrogens is 278 g/mol. The fourth-order valence-corrected chi connectivity index (χ4v) is 1.44. The Labute approximate surface area is 80.7 Å². The monoisotopic (exact) mass is 280 g/mol. The summed E-state index contributed by atoms with van der Waals surface area (Å²) in [5.74, 6) is 0. The quantitative estimate of drug-likeness (QED) is 0.541. The third-order valence-electron chi connectivity index (χ3n) is 1.24. The topological polar surface area (TPSA) is 43.1 Å². The second-order valence-electron chi connectivity index (χ2n) is 1.90. The summed E-state index contributed by atoms with van der Waals surface area (Å²) in [5.41, 5.74) is 0.741. The zero-order valence-electron chi connectivity index (χ0n) is 5.20. The SMILES string of the molecule is Clc1ncc(I)c2nncn12. The smallest absolute Gasteiger partial charge is 0.209 e. The minimum atomic E-state index is 0.380. The predicted octanol–water partition coefficient (Wildman–Crippen LogP) is 1.38. The maximum atomic E-state index is 5.74. The second kappa shape index (κ2) is 2.56.